The van der Waals surface area contributed by atoms with Gasteiger partial charge < -0.3 is 20.5 Å². The monoisotopic (exact) mass is 294 g/mol. The standard InChI is InChI=1S/C16H26N2O3/c1-5-14(12-6-8-13(19)9-7-12)17-10-11-18-15(20)21-16(2,3)4/h6-9,14,17,19H,5,10-11H2,1-4H3,(H,18,20). The summed E-state index contributed by atoms with van der Waals surface area (Å²) >= 11 is 0. The molecule has 0 heterocycles. The topological polar surface area (TPSA) is 70.6 Å². The molecule has 1 unspecified atom stereocenters. The highest BCUT2D eigenvalue weighted by Crippen LogP contribution is 2.19. The molecule has 0 bridgehead atoms. The second-order valence-electron chi connectivity index (χ2n) is 5.94. The second-order valence-corrected chi connectivity index (χ2v) is 5.94. The Labute approximate surface area is 126 Å². The first kappa shape index (κ1) is 17.3. The van der Waals surface area contributed by atoms with E-state index in [2.05, 4.69) is 17.6 Å². The van der Waals surface area contributed by atoms with Crippen LogP contribution in [0.25, 0.3) is 0 Å². The molecular weight excluding hydrogens is 268 g/mol. The Morgan fingerprint density at radius 2 is 1.86 bits per heavy atom. The Bertz CT molecular complexity index is 438. The number of rotatable bonds is 6. The molecule has 0 fully saturated rings. The van der Waals surface area contributed by atoms with Crippen LogP contribution in [-0.4, -0.2) is 29.9 Å². The van der Waals surface area contributed by atoms with Crippen molar-refractivity contribution in [1.29, 1.82) is 0 Å². The largest absolute Gasteiger partial charge is 0.508 e. The average Bonchev–Trinajstić information content (AvgIpc) is 2.38. The number of hydrogen-bond donors (Lipinski definition) is 3. The third-order valence-corrected chi connectivity index (χ3v) is 2.89. The van der Waals surface area contributed by atoms with E-state index >= 15 is 0 Å². The third-order valence-electron chi connectivity index (χ3n) is 2.89. The molecule has 5 nitrogen and oxygen atoms in total. The van der Waals surface area contributed by atoms with Gasteiger partial charge >= 0.3 is 6.09 Å². The number of aromatic hydroxyl groups is 1. The highest BCUT2D eigenvalue weighted by Gasteiger charge is 2.15. The summed E-state index contributed by atoms with van der Waals surface area (Å²) in [5, 5.41) is 15.4. The number of carbonyl (C=O) groups is 1. The van der Waals surface area contributed by atoms with Gasteiger partial charge in [0.1, 0.15) is 11.4 Å². The molecule has 0 saturated heterocycles. The van der Waals surface area contributed by atoms with Crippen molar-refractivity contribution in [3.63, 3.8) is 0 Å². The number of alkyl carbamates (subject to hydrolysis) is 1. The first-order valence-electron chi connectivity index (χ1n) is 7.31. The van der Waals surface area contributed by atoms with Crippen molar-refractivity contribution in [2.45, 2.75) is 45.8 Å². The Morgan fingerprint density at radius 1 is 1.24 bits per heavy atom. The first-order chi connectivity index (χ1) is 9.81. The summed E-state index contributed by atoms with van der Waals surface area (Å²) in [5.74, 6) is 0.264. The van der Waals surface area contributed by atoms with Gasteiger partial charge in [-0.2, -0.15) is 0 Å². The quantitative estimate of drug-likeness (QED) is 0.705. The fraction of sp³-hybridized carbons (Fsp3) is 0.562. The molecule has 0 aliphatic heterocycles. The fourth-order valence-corrected chi connectivity index (χ4v) is 1.93. The van der Waals surface area contributed by atoms with Gasteiger partial charge in [-0.1, -0.05) is 19.1 Å². The van der Waals surface area contributed by atoms with E-state index in [0.29, 0.717) is 13.1 Å². The number of phenolic OH excluding ortho intramolecular Hbond substituents is 1. The molecule has 1 amide bonds. The van der Waals surface area contributed by atoms with Crippen LogP contribution in [0, 0.1) is 0 Å². The maximum Gasteiger partial charge on any atom is 0.407 e. The zero-order valence-electron chi connectivity index (χ0n) is 13.3. The number of nitrogens with one attached hydrogen (secondary N) is 2. The number of ether oxygens (including phenoxy) is 1. The Balaban J connectivity index is 2.33. The zero-order chi connectivity index (χ0) is 15.9. The van der Waals surface area contributed by atoms with Gasteiger partial charge in [0.25, 0.3) is 0 Å². The molecule has 0 radical (unpaired) electrons. The van der Waals surface area contributed by atoms with Crippen LogP contribution in [0.5, 0.6) is 5.75 Å². The van der Waals surface area contributed by atoms with Crippen LogP contribution < -0.4 is 10.6 Å². The normalized spacial score (nSPS) is 12.8. The van der Waals surface area contributed by atoms with Gasteiger partial charge in [0, 0.05) is 19.1 Å². The van der Waals surface area contributed by atoms with Crippen molar-refractivity contribution in [2.24, 2.45) is 0 Å². The maximum absolute atomic E-state index is 11.5. The van der Waals surface area contributed by atoms with Crippen LogP contribution in [-0.2, 0) is 4.74 Å². The van der Waals surface area contributed by atoms with Crippen molar-refractivity contribution in [2.75, 3.05) is 13.1 Å². The van der Waals surface area contributed by atoms with Gasteiger partial charge in [-0.05, 0) is 44.9 Å². The Morgan fingerprint density at radius 3 is 2.38 bits per heavy atom. The molecule has 1 aromatic carbocycles. The number of phenols is 1. The predicted molar refractivity (Wildman–Crippen MR) is 83.4 cm³/mol. The summed E-state index contributed by atoms with van der Waals surface area (Å²) in [7, 11) is 0. The highest BCUT2D eigenvalue weighted by atomic mass is 16.6. The molecule has 0 aliphatic rings. The highest BCUT2D eigenvalue weighted by molar-refractivity contribution is 5.67. The Hall–Kier alpha value is -1.75. The van der Waals surface area contributed by atoms with Crippen molar-refractivity contribution in [3.8, 4) is 5.75 Å². The van der Waals surface area contributed by atoms with Gasteiger partial charge in [-0.25, -0.2) is 4.79 Å². The molecule has 21 heavy (non-hydrogen) atoms. The average molecular weight is 294 g/mol. The minimum Gasteiger partial charge on any atom is -0.508 e. The van der Waals surface area contributed by atoms with Crippen LogP contribution in [0.15, 0.2) is 24.3 Å². The minimum atomic E-state index is -0.477. The van der Waals surface area contributed by atoms with Crippen LogP contribution in [0.2, 0.25) is 0 Å². The summed E-state index contributed by atoms with van der Waals surface area (Å²) in [4.78, 5) is 11.5. The lowest BCUT2D eigenvalue weighted by Crippen LogP contribution is -2.37. The molecule has 0 spiro atoms. The molecule has 1 rings (SSSR count). The first-order valence-corrected chi connectivity index (χ1v) is 7.31. The summed E-state index contributed by atoms with van der Waals surface area (Å²) < 4.78 is 5.16. The van der Waals surface area contributed by atoms with Gasteiger partial charge in [0.15, 0.2) is 0 Å². The predicted octanol–water partition coefficient (Wildman–Crippen LogP) is 2.96. The SMILES string of the molecule is CCC(NCCNC(=O)OC(C)(C)C)c1ccc(O)cc1. The van der Waals surface area contributed by atoms with Gasteiger partial charge in [0.2, 0.25) is 0 Å². The second kappa shape index (κ2) is 7.88. The van der Waals surface area contributed by atoms with Crippen LogP contribution in [0.4, 0.5) is 4.79 Å². The molecule has 0 aromatic heterocycles. The van der Waals surface area contributed by atoms with E-state index in [1.54, 1.807) is 12.1 Å². The Kier molecular flexibility index (Phi) is 6.49. The lowest BCUT2D eigenvalue weighted by atomic mass is 10.0. The third kappa shape index (κ3) is 6.99. The van der Waals surface area contributed by atoms with E-state index in [4.69, 9.17) is 4.74 Å². The molecule has 5 heteroatoms. The fourth-order valence-electron chi connectivity index (χ4n) is 1.93. The molecule has 1 aromatic rings. The van der Waals surface area contributed by atoms with Gasteiger partial charge in [-0.15, -0.1) is 0 Å². The number of carbonyl (C=O) groups excluding carboxylic acids is 1. The van der Waals surface area contributed by atoms with Crippen molar-refractivity contribution >= 4 is 6.09 Å². The molecule has 1 atom stereocenters. The maximum atomic E-state index is 11.5. The van der Waals surface area contributed by atoms with Crippen LogP contribution >= 0.6 is 0 Å². The molecule has 3 N–H and O–H groups in total. The van der Waals surface area contributed by atoms with E-state index in [1.807, 2.05) is 32.9 Å². The van der Waals surface area contributed by atoms with E-state index in [-0.39, 0.29) is 11.8 Å². The molecule has 118 valence electrons. The minimum absolute atomic E-state index is 0.200. The molecule has 0 aliphatic carbocycles. The molecule has 0 saturated carbocycles. The number of benzene rings is 1. The van der Waals surface area contributed by atoms with E-state index in [9.17, 15) is 9.90 Å². The smallest absolute Gasteiger partial charge is 0.407 e. The lowest BCUT2D eigenvalue weighted by molar-refractivity contribution is 0.0528. The lowest BCUT2D eigenvalue weighted by Gasteiger charge is -2.21. The van der Waals surface area contributed by atoms with Crippen molar-refractivity contribution in [1.82, 2.24) is 10.6 Å². The molecular formula is C16H26N2O3. The van der Waals surface area contributed by atoms with Gasteiger partial charge in [0.05, 0.1) is 0 Å². The number of hydrogen-bond acceptors (Lipinski definition) is 4. The summed E-state index contributed by atoms with van der Waals surface area (Å²) in [5.41, 5.74) is 0.641. The van der Waals surface area contributed by atoms with Crippen molar-refractivity contribution in [3.05, 3.63) is 29.8 Å². The summed E-state index contributed by atoms with van der Waals surface area (Å²) in [6.45, 7) is 8.75. The van der Waals surface area contributed by atoms with Crippen molar-refractivity contribution < 1.29 is 14.6 Å². The zero-order valence-corrected chi connectivity index (χ0v) is 13.3. The summed E-state index contributed by atoms with van der Waals surface area (Å²) in [6.07, 6.45) is 0.527. The van der Waals surface area contributed by atoms with Gasteiger partial charge in [-0.3, -0.25) is 0 Å². The summed E-state index contributed by atoms with van der Waals surface area (Å²) in [6, 6.07) is 7.36. The van der Waals surface area contributed by atoms with Crippen LogP contribution in [0.1, 0.15) is 45.7 Å². The van der Waals surface area contributed by atoms with E-state index < -0.39 is 11.7 Å². The number of amides is 1. The van der Waals surface area contributed by atoms with Crippen LogP contribution in [0.3, 0.4) is 0 Å². The van der Waals surface area contributed by atoms with E-state index in [0.717, 1.165) is 12.0 Å². The van der Waals surface area contributed by atoms with E-state index in [1.165, 1.54) is 0 Å².